The summed E-state index contributed by atoms with van der Waals surface area (Å²) in [5, 5.41) is 14.0. The van der Waals surface area contributed by atoms with Crippen LogP contribution in [0.25, 0.3) is 0 Å². The predicted octanol–water partition coefficient (Wildman–Crippen LogP) is -1.12. The Morgan fingerprint density at radius 3 is 3.19 bits per heavy atom. The third-order valence-electron chi connectivity index (χ3n) is 2.77. The summed E-state index contributed by atoms with van der Waals surface area (Å²) < 4.78 is 1.43. The Morgan fingerprint density at radius 2 is 2.56 bits per heavy atom. The van der Waals surface area contributed by atoms with Crippen molar-refractivity contribution in [3.8, 4) is 0 Å². The Balaban J connectivity index is 1.79. The molecule has 7 heteroatoms. The molecule has 2 heterocycles. The zero-order valence-corrected chi connectivity index (χ0v) is 9.33. The van der Waals surface area contributed by atoms with Gasteiger partial charge >= 0.3 is 0 Å². The highest BCUT2D eigenvalue weighted by Crippen LogP contribution is 2.06. The largest absolute Gasteiger partial charge is 0.343 e. The van der Waals surface area contributed by atoms with Crippen molar-refractivity contribution in [2.75, 3.05) is 20.1 Å². The van der Waals surface area contributed by atoms with E-state index in [1.54, 1.807) is 4.90 Å². The first kappa shape index (κ1) is 11.0. The summed E-state index contributed by atoms with van der Waals surface area (Å²) in [4.78, 5) is 13.5. The minimum absolute atomic E-state index is 0.0287. The zero-order valence-electron chi connectivity index (χ0n) is 9.33. The Morgan fingerprint density at radius 1 is 1.69 bits per heavy atom. The van der Waals surface area contributed by atoms with Crippen LogP contribution in [0.3, 0.4) is 0 Å². The molecule has 0 aliphatic carbocycles. The van der Waals surface area contributed by atoms with Gasteiger partial charge in [0.15, 0.2) is 0 Å². The van der Waals surface area contributed by atoms with Gasteiger partial charge in [-0.25, -0.2) is 4.68 Å². The SMILES string of the molecule is CN(CC1CCCN1)C(=O)Cn1cnnn1. The molecule has 1 amide bonds. The van der Waals surface area contributed by atoms with Crippen LogP contribution >= 0.6 is 0 Å². The van der Waals surface area contributed by atoms with Crippen molar-refractivity contribution < 1.29 is 4.79 Å². The Bertz CT molecular complexity index is 332. The first-order chi connectivity index (χ1) is 7.75. The molecule has 0 radical (unpaired) electrons. The lowest BCUT2D eigenvalue weighted by molar-refractivity contribution is -0.131. The second-order valence-corrected chi connectivity index (χ2v) is 4.07. The third-order valence-corrected chi connectivity index (χ3v) is 2.77. The number of aromatic nitrogens is 4. The van der Waals surface area contributed by atoms with E-state index in [1.165, 1.54) is 17.4 Å². The summed E-state index contributed by atoms with van der Waals surface area (Å²) in [6.45, 7) is 2.01. The number of amides is 1. The van der Waals surface area contributed by atoms with Gasteiger partial charge in [0, 0.05) is 19.6 Å². The zero-order chi connectivity index (χ0) is 11.4. The summed E-state index contributed by atoms with van der Waals surface area (Å²) in [7, 11) is 1.81. The lowest BCUT2D eigenvalue weighted by atomic mass is 10.2. The standard InChI is InChI=1S/C9H16N6O/c1-14(5-8-3-2-4-10-8)9(16)6-15-7-11-12-13-15/h7-8,10H,2-6H2,1H3. The molecule has 1 unspecified atom stereocenters. The smallest absolute Gasteiger partial charge is 0.244 e. The number of carbonyl (C=O) groups is 1. The average molecular weight is 224 g/mol. The van der Waals surface area contributed by atoms with Crippen molar-refractivity contribution in [1.82, 2.24) is 30.4 Å². The molecule has 1 aliphatic rings. The Kier molecular flexibility index (Phi) is 3.45. The number of carbonyl (C=O) groups excluding carboxylic acids is 1. The van der Waals surface area contributed by atoms with Gasteiger partial charge < -0.3 is 10.2 Å². The van der Waals surface area contributed by atoms with Crippen molar-refractivity contribution in [1.29, 1.82) is 0 Å². The Hall–Kier alpha value is -1.50. The van der Waals surface area contributed by atoms with E-state index >= 15 is 0 Å². The fraction of sp³-hybridized carbons (Fsp3) is 0.778. The van der Waals surface area contributed by atoms with Crippen LogP contribution < -0.4 is 5.32 Å². The van der Waals surface area contributed by atoms with E-state index in [2.05, 4.69) is 20.8 Å². The van der Waals surface area contributed by atoms with Gasteiger partial charge in [-0.2, -0.15) is 0 Å². The number of tetrazole rings is 1. The molecule has 1 fully saturated rings. The highest BCUT2D eigenvalue weighted by molar-refractivity contribution is 5.75. The lowest BCUT2D eigenvalue weighted by Crippen LogP contribution is -2.40. The van der Waals surface area contributed by atoms with Gasteiger partial charge in [0.2, 0.25) is 5.91 Å². The molecule has 1 saturated heterocycles. The number of nitrogens with one attached hydrogen (secondary N) is 1. The highest BCUT2D eigenvalue weighted by atomic mass is 16.2. The summed E-state index contributed by atoms with van der Waals surface area (Å²) >= 11 is 0. The van der Waals surface area contributed by atoms with E-state index in [9.17, 15) is 4.79 Å². The second-order valence-electron chi connectivity index (χ2n) is 4.07. The number of hydrogen-bond donors (Lipinski definition) is 1. The van der Waals surface area contributed by atoms with Crippen LogP contribution in [0.4, 0.5) is 0 Å². The topological polar surface area (TPSA) is 75.9 Å². The van der Waals surface area contributed by atoms with Gasteiger partial charge in [-0.15, -0.1) is 5.10 Å². The first-order valence-corrected chi connectivity index (χ1v) is 5.44. The quantitative estimate of drug-likeness (QED) is 0.701. The third kappa shape index (κ3) is 2.75. The molecule has 7 nitrogen and oxygen atoms in total. The van der Waals surface area contributed by atoms with Crippen molar-refractivity contribution in [3.63, 3.8) is 0 Å². The van der Waals surface area contributed by atoms with Gasteiger partial charge in [0.1, 0.15) is 12.9 Å². The Labute approximate surface area is 93.8 Å². The first-order valence-electron chi connectivity index (χ1n) is 5.44. The predicted molar refractivity (Wildman–Crippen MR) is 56.5 cm³/mol. The molecular weight excluding hydrogens is 208 g/mol. The summed E-state index contributed by atoms with van der Waals surface area (Å²) in [6, 6.07) is 0.433. The molecule has 1 atom stereocenters. The average Bonchev–Trinajstić information content (AvgIpc) is 2.90. The normalized spacial score (nSPS) is 19.9. The van der Waals surface area contributed by atoms with E-state index in [1.807, 2.05) is 7.05 Å². The summed E-state index contributed by atoms with van der Waals surface area (Å²) in [5.41, 5.74) is 0. The van der Waals surface area contributed by atoms with E-state index in [-0.39, 0.29) is 12.5 Å². The van der Waals surface area contributed by atoms with Crippen LogP contribution in [-0.2, 0) is 11.3 Å². The second kappa shape index (κ2) is 5.02. The number of rotatable bonds is 4. The van der Waals surface area contributed by atoms with Gasteiger partial charge in [0.05, 0.1) is 0 Å². The number of nitrogens with zero attached hydrogens (tertiary/aromatic N) is 5. The monoisotopic (exact) mass is 224 g/mol. The van der Waals surface area contributed by atoms with Gasteiger partial charge in [-0.1, -0.05) is 0 Å². The lowest BCUT2D eigenvalue weighted by Gasteiger charge is -2.21. The minimum Gasteiger partial charge on any atom is -0.343 e. The van der Waals surface area contributed by atoms with E-state index < -0.39 is 0 Å². The highest BCUT2D eigenvalue weighted by Gasteiger charge is 2.18. The molecule has 0 aromatic carbocycles. The summed E-state index contributed by atoms with van der Waals surface area (Å²) in [5.74, 6) is 0.0287. The van der Waals surface area contributed by atoms with Crippen LogP contribution in [0, 0.1) is 0 Å². The van der Waals surface area contributed by atoms with E-state index in [0.29, 0.717) is 6.04 Å². The van der Waals surface area contributed by atoms with E-state index in [0.717, 1.165) is 19.5 Å². The molecule has 1 N–H and O–H groups in total. The maximum absolute atomic E-state index is 11.8. The van der Waals surface area contributed by atoms with Gasteiger partial charge in [-0.3, -0.25) is 4.79 Å². The molecule has 1 aliphatic heterocycles. The van der Waals surface area contributed by atoms with Crippen molar-refractivity contribution in [2.45, 2.75) is 25.4 Å². The maximum Gasteiger partial charge on any atom is 0.244 e. The molecule has 0 spiro atoms. The minimum atomic E-state index is 0.0287. The number of hydrogen-bond acceptors (Lipinski definition) is 5. The molecule has 88 valence electrons. The number of likely N-dealkylation sites (N-methyl/N-ethyl adjacent to an activating group) is 1. The summed E-state index contributed by atoms with van der Waals surface area (Å²) in [6.07, 6.45) is 3.78. The van der Waals surface area contributed by atoms with Gasteiger partial charge in [0.25, 0.3) is 0 Å². The fourth-order valence-electron chi connectivity index (χ4n) is 1.86. The molecule has 2 rings (SSSR count). The van der Waals surface area contributed by atoms with Crippen LogP contribution in [0.5, 0.6) is 0 Å². The van der Waals surface area contributed by atoms with Crippen molar-refractivity contribution in [2.24, 2.45) is 0 Å². The maximum atomic E-state index is 11.8. The fourth-order valence-corrected chi connectivity index (χ4v) is 1.86. The molecule has 1 aromatic rings. The molecule has 0 saturated carbocycles. The van der Waals surface area contributed by atoms with Crippen LogP contribution in [-0.4, -0.2) is 57.2 Å². The van der Waals surface area contributed by atoms with Crippen LogP contribution in [0.2, 0.25) is 0 Å². The molecular formula is C9H16N6O. The molecule has 1 aromatic heterocycles. The van der Waals surface area contributed by atoms with E-state index in [4.69, 9.17) is 0 Å². The van der Waals surface area contributed by atoms with Crippen LogP contribution in [0.15, 0.2) is 6.33 Å². The molecule has 0 bridgehead atoms. The van der Waals surface area contributed by atoms with Crippen molar-refractivity contribution >= 4 is 5.91 Å². The molecule has 16 heavy (non-hydrogen) atoms. The van der Waals surface area contributed by atoms with Gasteiger partial charge in [-0.05, 0) is 29.8 Å². The van der Waals surface area contributed by atoms with Crippen LogP contribution in [0.1, 0.15) is 12.8 Å². The van der Waals surface area contributed by atoms with Crippen molar-refractivity contribution in [3.05, 3.63) is 6.33 Å².